The molecule has 2 aliphatic heterocycles. The smallest absolute Gasteiger partial charge is 0.253 e. The highest BCUT2D eigenvalue weighted by Crippen LogP contribution is 2.26. The van der Waals surface area contributed by atoms with Gasteiger partial charge in [0.15, 0.2) is 0 Å². The monoisotopic (exact) mass is 328 g/mol. The number of benzene rings is 1. The summed E-state index contributed by atoms with van der Waals surface area (Å²) in [6.45, 7) is 2.92. The van der Waals surface area contributed by atoms with Gasteiger partial charge in [0.2, 0.25) is 0 Å². The molecule has 0 aliphatic carbocycles. The first-order valence-electron chi connectivity index (χ1n) is 7.52. The number of hydrogen-bond donors (Lipinski definition) is 1. The van der Waals surface area contributed by atoms with Crippen LogP contribution in [0.2, 0.25) is 5.02 Å². The van der Waals surface area contributed by atoms with Gasteiger partial charge < -0.3 is 10.2 Å². The van der Waals surface area contributed by atoms with Crippen LogP contribution in [0, 0.1) is 5.92 Å². The van der Waals surface area contributed by atoms with Gasteiger partial charge >= 0.3 is 0 Å². The molecule has 2 aliphatic rings. The molecule has 1 N–H and O–H groups in total. The fourth-order valence-corrected chi connectivity index (χ4v) is 3.52. The third kappa shape index (κ3) is 3.91. The Hall–Kier alpha value is -0.770. The summed E-state index contributed by atoms with van der Waals surface area (Å²) in [7, 11) is 0. The molecule has 0 saturated carbocycles. The minimum atomic E-state index is 0. The van der Waals surface area contributed by atoms with Gasteiger partial charge in [-0.2, -0.15) is 0 Å². The van der Waals surface area contributed by atoms with E-state index in [1.807, 2.05) is 17.0 Å². The minimum Gasteiger partial charge on any atom is -0.339 e. The first-order chi connectivity index (χ1) is 9.74. The van der Waals surface area contributed by atoms with E-state index in [0.717, 1.165) is 44.0 Å². The molecular formula is C16H22Cl2N2O. The average Bonchev–Trinajstić information content (AvgIpc) is 3.02. The Bertz CT molecular complexity index is 464. The highest BCUT2D eigenvalue weighted by Gasteiger charge is 2.30. The molecule has 0 aromatic heterocycles. The fourth-order valence-electron chi connectivity index (χ4n) is 3.39. The Balaban J connectivity index is 0.00000161. The molecule has 2 heterocycles. The molecule has 1 amide bonds. The predicted molar refractivity (Wildman–Crippen MR) is 88.4 cm³/mol. The van der Waals surface area contributed by atoms with Crippen molar-refractivity contribution in [2.45, 2.75) is 31.7 Å². The third-order valence-electron chi connectivity index (χ3n) is 4.59. The standard InChI is InChI=1S/C16H21ClN2O.ClH/c17-14-5-3-13(4-6-14)16(20)19-10-7-12(8-11-19)15-2-1-9-18-15;/h3-6,12,15,18H,1-2,7-11H2;1H. The summed E-state index contributed by atoms with van der Waals surface area (Å²) in [6, 6.07) is 7.88. The zero-order valence-electron chi connectivity index (χ0n) is 12.1. The summed E-state index contributed by atoms with van der Waals surface area (Å²) < 4.78 is 0. The molecule has 0 radical (unpaired) electrons. The first kappa shape index (κ1) is 16.6. The Morgan fingerprint density at radius 3 is 2.38 bits per heavy atom. The highest BCUT2D eigenvalue weighted by molar-refractivity contribution is 6.30. The van der Waals surface area contributed by atoms with E-state index < -0.39 is 0 Å². The van der Waals surface area contributed by atoms with Crippen molar-refractivity contribution >= 4 is 29.9 Å². The Kier molecular flexibility index (Phi) is 5.91. The van der Waals surface area contributed by atoms with Gasteiger partial charge in [-0.1, -0.05) is 11.6 Å². The average molecular weight is 329 g/mol. The first-order valence-corrected chi connectivity index (χ1v) is 7.90. The van der Waals surface area contributed by atoms with Crippen LogP contribution in [-0.2, 0) is 0 Å². The Morgan fingerprint density at radius 1 is 1.14 bits per heavy atom. The maximum Gasteiger partial charge on any atom is 0.253 e. The molecule has 0 spiro atoms. The molecule has 3 rings (SSSR count). The summed E-state index contributed by atoms with van der Waals surface area (Å²) >= 11 is 5.86. The van der Waals surface area contributed by atoms with Crippen molar-refractivity contribution in [3.63, 3.8) is 0 Å². The maximum atomic E-state index is 12.4. The molecule has 1 aromatic carbocycles. The maximum absolute atomic E-state index is 12.4. The van der Waals surface area contributed by atoms with Crippen LogP contribution in [-0.4, -0.2) is 36.5 Å². The minimum absolute atomic E-state index is 0. The summed E-state index contributed by atoms with van der Waals surface area (Å²) in [4.78, 5) is 14.4. The molecule has 1 aromatic rings. The molecule has 21 heavy (non-hydrogen) atoms. The normalized spacial score (nSPS) is 22.9. The SMILES string of the molecule is Cl.O=C(c1ccc(Cl)cc1)N1CCC(C2CCCN2)CC1. The number of piperidine rings is 1. The number of hydrogen-bond acceptors (Lipinski definition) is 2. The second-order valence-corrected chi connectivity index (χ2v) is 6.28. The molecule has 2 saturated heterocycles. The second kappa shape index (κ2) is 7.48. The summed E-state index contributed by atoms with van der Waals surface area (Å²) in [6.07, 6.45) is 4.85. The van der Waals surface area contributed by atoms with Gasteiger partial charge in [-0.15, -0.1) is 12.4 Å². The number of amides is 1. The lowest BCUT2D eigenvalue weighted by Gasteiger charge is -2.35. The molecule has 116 valence electrons. The van der Waals surface area contributed by atoms with Crippen molar-refractivity contribution < 1.29 is 4.79 Å². The van der Waals surface area contributed by atoms with E-state index in [1.165, 1.54) is 12.8 Å². The van der Waals surface area contributed by atoms with Gasteiger partial charge in [-0.05, 0) is 62.4 Å². The van der Waals surface area contributed by atoms with Crippen molar-refractivity contribution in [1.82, 2.24) is 10.2 Å². The topological polar surface area (TPSA) is 32.3 Å². The van der Waals surface area contributed by atoms with E-state index in [-0.39, 0.29) is 18.3 Å². The van der Waals surface area contributed by atoms with Gasteiger partial charge in [0.25, 0.3) is 5.91 Å². The van der Waals surface area contributed by atoms with Gasteiger partial charge in [0.1, 0.15) is 0 Å². The van der Waals surface area contributed by atoms with Crippen LogP contribution < -0.4 is 5.32 Å². The van der Waals surface area contributed by atoms with Gasteiger partial charge in [-0.3, -0.25) is 4.79 Å². The zero-order chi connectivity index (χ0) is 13.9. The lowest BCUT2D eigenvalue weighted by Crippen LogP contribution is -2.43. The number of carbonyl (C=O) groups excluding carboxylic acids is 1. The molecule has 0 bridgehead atoms. The van der Waals surface area contributed by atoms with E-state index in [2.05, 4.69) is 5.32 Å². The van der Waals surface area contributed by atoms with Crippen LogP contribution in [0.1, 0.15) is 36.0 Å². The van der Waals surface area contributed by atoms with Crippen molar-refractivity contribution in [1.29, 1.82) is 0 Å². The Labute approximate surface area is 137 Å². The number of likely N-dealkylation sites (tertiary alicyclic amines) is 1. The number of halogens is 2. The van der Waals surface area contributed by atoms with Crippen LogP contribution in [0.4, 0.5) is 0 Å². The van der Waals surface area contributed by atoms with E-state index >= 15 is 0 Å². The van der Waals surface area contributed by atoms with E-state index in [9.17, 15) is 4.79 Å². The molecule has 3 nitrogen and oxygen atoms in total. The fraction of sp³-hybridized carbons (Fsp3) is 0.562. The largest absolute Gasteiger partial charge is 0.339 e. The summed E-state index contributed by atoms with van der Waals surface area (Å²) in [5, 5.41) is 4.26. The van der Waals surface area contributed by atoms with Crippen LogP contribution in [0.5, 0.6) is 0 Å². The van der Waals surface area contributed by atoms with E-state index in [1.54, 1.807) is 12.1 Å². The van der Waals surface area contributed by atoms with Crippen molar-refractivity contribution in [3.05, 3.63) is 34.9 Å². The van der Waals surface area contributed by atoms with Crippen molar-refractivity contribution in [2.24, 2.45) is 5.92 Å². The van der Waals surface area contributed by atoms with Crippen LogP contribution in [0.25, 0.3) is 0 Å². The van der Waals surface area contributed by atoms with Gasteiger partial charge in [-0.25, -0.2) is 0 Å². The lowest BCUT2D eigenvalue weighted by molar-refractivity contribution is 0.0674. The number of nitrogens with one attached hydrogen (secondary N) is 1. The van der Waals surface area contributed by atoms with Crippen LogP contribution in [0.15, 0.2) is 24.3 Å². The van der Waals surface area contributed by atoms with Gasteiger partial charge in [0, 0.05) is 29.7 Å². The number of nitrogens with zero attached hydrogens (tertiary/aromatic N) is 1. The molecule has 1 unspecified atom stereocenters. The predicted octanol–water partition coefficient (Wildman–Crippen LogP) is 3.37. The second-order valence-electron chi connectivity index (χ2n) is 5.84. The quantitative estimate of drug-likeness (QED) is 0.902. The third-order valence-corrected chi connectivity index (χ3v) is 4.84. The molecule has 2 fully saturated rings. The molecule has 5 heteroatoms. The number of carbonyl (C=O) groups is 1. The Morgan fingerprint density at radius 2 is 1.81 bits per heavy atom. The number of rotatable bonds is 2. The van der Waals surface area contributed by atoms with E-state index in [4.69, 9.17) is 11.6 Å². The van der Waals surface area contributed by atoms with Crippen LogP contribution >= 0.6 is 24.0 Å². The summed E-state index contributed by atoms with van der Waals surface area (Å²) in [5.74, 6) is 0.881. The molecule has 1 atom stereocenters. The van der Waals surface area contributed by atoms with Gasteiger partial charge in [0.05, 0.1) is 0 Å². The lowest BCUT2D eigenvalue weighted by atomic mass is 9.88. The van der Waals surface area contributed by atoms with Crippen LogP contribution in [0.3, 0.4) is 0 Å². The molecular weight excluding hydrogens is 307 g/mol. The van der Waals surface area contributed by atoms with Crippen molar-refractivity contribution in [2.75, 3.05) is 19.6 Å². The highest BCUT2D eigenvalue weighted by atomic mass is 35.5. The summed E-state index contributed by atoms with van der Waals surface area (Å²) in [5.41, 5.74) is 0.742. The van der Waals surface area contributed by atoms with E-state index in [0.29, 0.717) is 11.1 Å². The van der Waals surface area contributed by atoms with Crippen molar-refractivity contribution in [3.8, 4) is 0 Å². The zero-order valence-corrected chi connectivity index (χ0v) is 13.6.